The van der Waals surface area contributed by atoms with Gasteiger partial charge in [0, 0.05) is 17.8 Å². The van der Waals surface area contributed by atoms with E-state index in [0.717, 1.165) is 5.56 Å². The zero-order chi connectivity index (χ0) is 9.14. The lowest BCUT2D eigenvalue weighted by atomic mass is 10.1. The van der Waals surface area contributed by atoms with E-state index in [4.69, 9.17) is 5.26 Å². The van der Waals surface area contributed by atoms with Gasteiger partial charge < -0.3 is 0 Å². The number of nitrogens with zero attached hydrogens (tertiary/aromatic N) is 3. The summed E-state index contributed by atoms with van der Waals surface area (Å²) < 4.78 is 1.86. The van der Waals surface area contributed by atoms with Crippen LogP contribution in [0.2, 0.25) is 0 Å². The standard InChI is InChI=1S/C9H13N3/c1-7(2)12-6-9(5-11-12)8(3)4-10/h5-8H,1-3H3. The smallest absolute Gasteiger partial charge is 0.0715 e. The topological polar surface area (TPSA) is 41.6 Å². The third-order valence-corrected chi connectivity index (χ3v) is 1.84. The molecule has 0 aliphatic carbocycles. The number of rotatable bonds is 2. The molecule has 64 valence electrons. The molecule has 1 unspecified atom stereocenters. The zero-order valence-corrected chi connectivity index (χ0v) is 7.65. The van der Waals surface area contributed by atoms with Crippen LogP contribution in [0.4, 0.5) is 0 Å². The molecule has 0 saturated carbocycles. The van der Waals surface area contributed by atoms with Crippen LogP contribution in [0.3, 0.4) is 0 Å². The van der Waals surface area contributed by atoms with Gasteiger partial charge in [-0.3, -0.25) is 4.68 Å². The Kier molecular flexibility index (Phi) is 2.49. The summed E-state index contributed by atoms with van der Waals surface area (Å²) in [4.78, 5) is 0. The SMILES string of the molecule is CC(C#N)c1cnn(C(C)C)c1. The van der Waals surface area contributed by atoms with Gasteiger partial charge in [-0.1, -0.05) is 0 Å². The van der Waals surface area contributed by atoms with Crippen LogP contribution in [-0.4, -0.2) is 9.78 Å². The van der Waals surface area contributed by atoms with Crippen molar-refractivity contribution >= 4 is 0 Å². The summed E-state index contributed by atoms with van der Waals surface area (Å²) in [7, 11) is 0. The Labute approximate surface area is 72.6 Å². The minimum absolute atomic E-state index is 0.0579. The van der Waals surface area contributed by atoms with Crippen LogP contribution >= 0.6 is 0 Å². The molecule has 0 aliphatic rings. The van der Waals surface area contributed by atoms with Gasteiger partial charge in [0.05, 0.1) is 18.2 Å². The zero-order valence-electron chi connectivity index (χ0n) is 7.65. The normalized spacial score (nSPS) is 12.9. The highest BCUT2D eigenvalue weighted by Crippen LogP contribution is 2.14. The molecular formula is C9H13N3. The monoisotopic (exact) mass is 163 g/mol. The van der Waals surface area contributed by atoms with E-state index in [-0.39, 0.29) is 5.92 Å². The second-order valence-corrected chi connectivity index (χ2v) is 3.20. The maximum absolute atomic E-state index is 8.65. The fourth-order valence-electron chi connectivity index (χ4n) is 0.933. The Balaban J connectivity index is 2.86. The molecule has 3 heteroatoms. The summed E-state index contributed by atoms with van der Waals surface area (Å²) in [5.74, 6) is -0.0579. The van der Waals surface area contributed by atoms with Crippen molar-refractivity contribution < 1.29 is 0 Å². The first-order valence-electron chi connectivity index (χ1n) is 4.08. The summed E-state index contributed by atoms with van der Waals surface area (Å²) in [5, 5.41) is 12.8. The van der Waals surface area contributed by atoms with Gasteiger partial charge in [0.2, 0.25) is 0 Å². The number of hydrogen-bond donors (Lipinski definition) is 0. The van der Waals surface area contributed by atoms with Gasteiger partial charge in [-0.25, -0.2) is 0 Å². The van der Waals surface area contributed by atoms with Gasteiger partial charge >= 0.3 is 0 Å². The second-order valence-electron chi connectivity index (χ2n) is 3.20. The Bertz CT molecular complexity index is 293. The minimum Gasteiger partial charge on any atom is -0.270 e. The maximum atomic E-state index is 8.65. The van der Waals surface area contributed by atoms with Crippen molar-refractivity contribution in [3.05, 3.63) is 18.0 Å². The quantitative estimate of drug-likeness (QED) is 0.669. The molecule has 1 heterocycles. The van der Waals surface area contributed by atoms with E-state index < -0.39 is 0 Å². The maximum Gasteiger partial charge on any atom is 0.0715 e. The van der Waals surface area contributed by atoms with Gasteiger partial charge in [0.25, 0.3) is 0 Å². The highest BCUT2D eigenvalue weighted by molar-refractivity contribution is 5.17. The predicted molar refractivity (Wildman–Crippen MR) is 46.6 cm³/mol. The first-order chi connectivity index (χ1) is 5.65. The molecule has 0 amide bonds. The lowest BCUT2D eigenvalue weighted by Gasteiger charge is -2.03. The van der Waals surface area contributed by atoms with Crippen molar-refractivity contribution in [1.29, 1.82) is 5.26 Å². The van der Waals surface area contributed by atoms with E-state index >= 15 is 0 Å². The average molecular weight is 163 g/mol. The van der Waals surface area contributed by atoms with Crippen LogP contribution in [0.1, 0.15) is 38.3 Å². The Morgan fingerprint density at radius 1 is 1.50 bits per heavy atom. The van der Waals surface area contributed by atoms with Crippen molar-refractivity contribution in [3.8, 4) is 6.07 Å². The largest absolute Gasteiger partial charge is 0.270 e. The van der Waals surface area contributed by atoms with Gasteiger partial charge in [-0.15, -0.1) is 0 Å². The molecule has 0 fully saturated rings. The molecule has 0 aromatic carbocycles. The molecular weight excluding hydrogens is 150 g/mol. The number of nitriles is 1. The van der Waals surface area contributed by atoms with Crippen LogP contribution in [-0.2, 0) is 0 Å². The molecule has 0 spiro atoms. The predicted octanol–water partition coefficient (Wildman–Crippen LogP) is 2.09. The first-order valence-corrected chi connectivity index (χ1v) is 4.08. The molecule has 1 aromatic heterocycles. The third-order valence-electron chi connectivity index (χ3n) is 1.84. The molecule has 0 saturated heterocycles. The van der Waals surface area contributed by atoms with E-state index in [1.165, 1.54) is 0 Å². The highest BCUT2D eigenvalue weighted by atomic mass is 15.3. The average Bonchev–Trinajstić information content (AvgIpc) is 2.51. The van der Waals surface area contributed by atoms with Crippen molar-refractivity contribution in [1.82, 2.24) is 9.78 Å². The van der Waals surface area contributed by atoms with E-state index in [1.54, 1.807) is 6.20 Å². The molecule has 0 aliphatic heterocycles. The molecule has 3 nitrogen and oxygen atoms in total. The summed E-state index contributed by atoms with van der Waals surface area (Å²) >= 11 is 0. The fourth-order valence-corrected chi connectivity index (χ4v) is 0.933. The third kappa shape index (κ3) is 1.65. The summed E-state index contributed by atoms with van der Waals surface area (Å²) in [6.45, 7) is 6.00. The van der Waals surface area contributed by atoms with Crippen molar-refractivity contribution in [2.45, 2.75) is 32.7 Å². The van der Waals surface area contributed by atoms with Crippen LogP contribution in [0, 0.1) is 11.3 Å². The number of hydrogen-bond acceptors (Lipinski definition) is 2. The molecule has 1 aromatic rings. The van der Waals surface area contributed by atoms with E-state index in [0.29, 0.717) is 6.04 Å². The minimum atomic E-state index is -0.0579. The number of aromatic nitrogens is 2. The van der Waals surface area contributed by atoms with E-state index in [1.807, 2.05) is 17.8 Å². The van der Waals surface area contributed by atoms with Crippen molar-refractivity contribution in [3.63, 3.8) is 0 Å². The first kappa shape index (κ1) is 8.79. The van der Waals surface area contributed by atoms with Gasteiger partial charge in [-0.05, 0) is 20.8 Å². The Morgan fingerprint density at radius 3 is 2.58 bits per heavy atom. The lowest BCUT2D eigenvalue weighted by molar-refractivity contribution is 0.532. The molecule has 12 heavy (non-hydrogen) atoms. The Morgan fingerprint density at radius 2 is 2.17 bits per heavy atom. The summed E-state index contributed by atoms with van der Waals surface area (Å²) in [6.07, 6.45) is 3.69. The molecule has 1 rings (SSSR count). The molecule has 0 bridgehead atoms. The molecule has 0 N–H and O–H groups in total. The Hall–Kier alpha value is -1.30. The lowest BCUT2D eigenvalue weighted by Crippen LogP contribution is -2.00. The van der Waals surface area contributed by atoms with Crippen LogP contribution in [0.5, 0.6) is 0 Å². The molecule has 1 atom stereocenters. The van der Waals surface area contributed by atoms with Gasteiger partial charge in [0.15, 0.2) is 0 Å². The van der Waals surface area contributed by atoms with E-state index in [9.17, 15) is 0 Å². The second kappa shape index (κ2) is 3.40. The van der Waals surface area contributed by atoms with Crippen LogP contribution in [0.25, 0.3) is 0 Å². The fraction of sp³-hybridized carbons (Fsp3) is 0.556. The molecule has 0 radical (unpaired) electrons. The van der Waals surface area contributed by atoms with Gasteiger partial charge in [-0.2, -0.15) is 10.4 Å². The summed E-state index contributed by atoms with van der Waals surface area (Å²) in [5.41, 5.74) is 0.992. The van der Waals surface area contributed by atoms with Gasteiger partial charge in [0.1, 0.15) is 0 Å². The van der Waals surface area contributed by atoms with E-state index in [2.05, 4.69) is 25.0 Å². The van der Waals surface area contributed by atoms with Crippen LogP contribution in [0.15, 0.2) is 12.4 Å². The summed E-state index contributed by atoms with van der Waals surface area (Å²) in [6, 6.07) is 2.55. The van der Waals surface area contributed by atoms with Crippen molar-refractivity contribution in [2.75, 3.05) is 0 Å². The van der Waals surface area contributed by atoms with Crippen LogP contribution < -0.4 is 0 Å². The highest BCUT2D eigenvalue weighted by Gasteiger charge is 2.07. The van der Waals surface area contributed by atoms with Crippen molar-refractivity contribution in [2.24, 2.45) is 0 Å².